The second kappa shape index (κ2) is 8.22. The molecule has 2 aliphatic rings. The minimum Gasteiger partial charge on any atom is -0.335 e. The van der Waals surface area contributed by atoms with E-state index in [1.165, 1.54) is 6.26 Å². The Morgan fingerprint density at radius 3 is 2.56 bits per heavy atom. The molecular formula is C17H34N4O3S. The van der Waals surface area contributed by atoms with E-state index >= 15 is 0 Å². The van der Waals surface area contributed by atoms with Crippen LogP contribution in [0.15, 0.2) is 0 Å². The van der Waals surface area contributed by atoms with E-state index in [9.17, 15) is 13.2 Å². The highest BCUT2D eigenvalue weighted by molar-refractivity contribution is 7.88. The number of hydrogen-bond acceptors (Lipinski definition) is 4. The zero-order chi connectivity index (χ0) is 18.7. The maximum Gasteiger partial charge on any atom is 0.317 e. The monoisotopic (exact) mass is 374 g/mol. The Bertz CT molecular complexity index is 564. The number of carbonyl (C=O) groups is 1. The number of urea groups is 1. The standard InChI is InChI=1S/C17H34N4O3S/c1-17(2)13-20(3)12-9-15(17)19-16(22)21-11-6-5-7-14(21)8-10-18-25(4,23)24/h14-15,18H,5-13H2,1-4H3,(H,19,22). The summed E-state index contributed by atoms with van der Waals surface area (Å²) in [7, 11) is -1.06. The first-order chi connectivity index (χ1) is 11.6. The van der Waals surface area contributed by atoms with Crippen LogP contribution in [0.25, 0.3) is 0 Å². The highest BCUT2D eigenvalue weighted by Crippen LogP contribution is 2.29. The lowest BCUT2D eigenvalue weighted by Crippen LogP contribution is -2.59. The van der Waals surface area contributed by atoms with E-state index in [1.807, 2.05) is 4.90 Å². The molecule has 2 heterocycles. The van der Waals surface area contributed by atoms with Gasteiger partial charge in [-0.1, -0.05) is 13.8 Å². The van der Waals surface area contributed by atoms with Crippen LogP contribution in [-0.4, -0.2) is 75.8 Å². The topological polar surface area (TPSA) is 81.8 Å². The Hall–Kier alpha value is -0.860. The molecule has 2 rings (SSSR count). The minimum atomic E-state index is -3.18. The number of hydrogen-bond donors (Lipinski definition) is 2. The van der Waals surface area contributed by atoms with Gasteiger partial charge in [0.05, 0.1) is 6.26 Å². The van der Waals surface area contributed by atoms with E-state index in [-0.39, 0.29) is 23.5 Å². The average molecular weight is 375 g/mol. The Morgan fingerprint density at radius 2 is 1.92 bits per heavy atom. The number of rotatable bonds is 5. The highest BCUT2D eigenvalue weighted by atomic mass is 32.2. The van der Waals surface area contributed by atoms with Gasteiger partial charge in [0.1, 0.15) is 0 Å². The van der Waals surface area contributed by atoms with Crippen molar-refractivity contribution in [1.82, 2.24) is 19.8 Å². The summed E-state index contributed by atoms with van der Waals surface area (Å²) in [5.41, 5.74) is 0.0474. The second-order valence-corrected chi connectivity index (χ2v) is 10.1. The van der Waals surface area contributed by atoms with Crippen LogP contribution in [0.1, 0.15) is 46.0 Å². The number of amides is 2. The predicted molar refractivity (Wildman–Crippen MR) is 100 cm³/mol. The summed E-state index contributed by atoms with van der Waals surface area (Å²) in [5.74, 6) is 0. The molecule has 0 spiro atoms. The van der Waals surface area contributed by atoms with Gasteiger partial charge in [-0.2, -0.15) is 0 Å². The predicted octanol–water partition coefficient (Wildman–Crippen LogP) is 1.22. The molecule has 0 aromatic heterocycles. The van der Waals surface area contributed by atoms with Crippen molar-refractivity contribution in [1.29, 1.82) is 0 Å². The average Bonchev–Trinajstić information content (AvgIpc) is 2.48. The first-order valence-corrected chi connectivity index (χ1v) is 11.2. The van der Waals surface area contributed by atoms with Crippen molar-refractivity contribution in [2.24, 2.45) is 5.41 Å². The molecule has 0 saturated carbocycles. The van der Waals surface area contributed by atoms with Gasteiger partial charge in [-0.05, 0) is 51.1 Å². The van der Waals surface area contributed by atoms with Gasteiger partial charge in [0.25, 0.3) is 0 Å². The van der Waals surface area contributed by atoms with Crippen molar-refractivity contribution in [2.45, 2.75) is 58.0 Å². The molecule has 0 bridgehead atoms. The second-order valence-electron chi connectivity index (χ2n) is 8.32. The number of piperidine rings is 2. The Morgan fingerprint density at radius 1 is 1.20 bits per heavy atom. The molecule has 0 aromatic rings. The van der Waals surface area contributed by atoms with Crippen molar-refractivity contribution < 1.29 is 13.2 Å². The fourth-order valence-electron chi connectivity index (χ4n) is 4.10. The fraction of sp³-hybridized carbons (Fsp3) is 0.941. The third-order valence-electron chi connectivity index (χ3n) is 5.45. The normalized spacial score (nSPS) is 27.9. The van der Waals surface area contributed by atoms with Crippen LogP contribution >= 0.6 is 0 Å². The van der Waals surface area contributed by atoms with Gasteiger partial charge in [0.2, 0.25) is 10.0 Å². The van der Waals surface area contributed by atoms with Gasteiger partial charge < -0.3 is 15.1 Å². The zero-order valence-electron chi connectivity index (χ0n) is 16.0. The van der Waals surface area contributed by atoms with Gasteiger partial charge in [-0.15, -0.1) is 0 Å². The van der Waals surface area contributed by atoms with E-state index in [1.54, 1.807) is 0 Å². The largest absolute Gasteiger partial charge is 0.335 e. The maximum absolute atomic E-state index is 12.9. The molecule has 8 heteroatoms. The van der Waals surface area contributed by atoms with Crippen molar-refractivity contribution in [3.63, 3.8) is 0 Å². The minimum absolute atomic E-state index is 0.00619. The highest BCUT2D eigenvalue weighted by Gasteiger charge is 2.37. The van der Waals surface area contributed by atoms with Crippen molar-refractivity contribution in [2.75, 3.05) is 39.5 Å². The molecule has 146 valence electrons. The molecule has 2 N–H and O–H groups in total. The van der Waals surface area contributed by atoms with E-state index in [2.05, 4.69) is 35.8 Å². The van der Waals surface area contributed by atoms with Crippen molar-refractivity contribution in [3.8, 4) is 0 Å². The van der Waals surface area contributed by atoms with Gasteiger partial charge in [0, 0.05) is 31.7 Å². The number of nitrogens with zero attached hydrogens (tertiary/aromatic N) is 2. The van der Waals surface area contributed by atoms with Crippen LogP contribution in [0.5, 0.6) is 0 Å². The van der Waals surface area contributed by atoms with Crippen LogP contribution in [-0.2, 0) is 10.0 Å². The summed E-state index contributed by atoms with van der Waals surface area (Å²) in [5, 5.41) is 3.26. The lowest BCUT2D eigenvalue weighted by molar-refractivity contribution is 0.0872. The summed E-state index contributed by atoms with van der Waals surface area (Å²) in [4.78, 5) is 17.1. The van der Waals surface area contributed by atoms with Crippen LogP contribution in [0, 0.1) is 5.41 Å². The molecule has 2 atom stereocenters. The van der Waals surface area contributed by atoms with E-state index in [4.69, 9.17) is 0 Å². The van der Waals surface area contributed by atoms with Gasteiger partial charge in [-0.25, -0.2) is 17.9 Å². The fourth-order valence-corrected chi connectivity index (χ4v) is 4.59. The van der Waals surface area contributed by atoms with Gasteiger partial charge >= 0.3 is 6.03 Å². The maximum atomic E-state index is 12.9. The molecule has 2 aliphatic heterocycles. The molecule has 2 amide bonds. The first kappa shape index (κ1) is 20.5. The van der Waals surface area contributed by atoms with E-state index in [0.717, 1.165) is 45.3 Å². The van der Waals surface area contributed by atoms with Crippen LogP contribution in [0.3, 0.4) is 0 Å². The summed E-state index contributed by atoms with van der Waals surface area (Å²) in [6, 6.07) is 0.289. The van der Waals surface area contributed by atoms with Gasteiger partial charge in [0.15, 0.2) is 0 Å². The number of carbonyl (C=O) groups excluding carboxylic acids is 1. The quantitative estimate of drug-likeness (QED) is 0.758. The number of likely N-dealkylation sites (tertiary alicyclic amines) is 2. The SMILES string of the molecule is CN1CCC(NC(=O)N2CCCCC2CCNS(C)(=O)=O)C(C)(C)C1. The smallest absolute Gasteiger partial charge is 0.317 e. The van der Waals surface area contributed by atoms with Crippen molar-refractivity contribution in [3.05, 3.63) is 0 Å². The molecular weight excluding hydrogens is 340 g/mol. The molecule has 0 radical (unpaired) electrons. The summed E-state index contributed by atoms with van der Waals surface area (Å²) in [6.07, 6.45) is 5.84. The number of sulfonamides is 1. The van der Waals surface area contributed by atoms with Crippen molar-refractivity contribution >= 4 is 16.1 Å². The third-order valence-corrected chi connectivity index (χ3v) is 6.18. The van der Waals surface area contributed by atoms with E-state index in [0.29, 0.717) is 13.0 Å². The molecule has 25 heavy (non-hydrogen) atoms. The molecule has 2 saturated heterocycles. The molecule has 7 nitrogen and oxygen atoms in total. The zero-order valence-corrected chi connectivity index (χ0v) is 16.9. The van der Waals surface area contributed by atoms with Crippen LogP contribution < -0.4 is 10.0 Å². The number of nitrogens with one attached hydrogen (secondary N) is 2. The molecule has 0 aromatic carbocycles. The lowest BCUT2D eigenvalue weighted by Gasteiger charge is -2.45. The Labute approximate surface area is 152 Å². The molecule has 2 fully saturated rings. The summed E-state index contributed by atoms with van der Waals surface area (Å²) < 4.78 is 25.0. The third kappa shape index (κ3) is 6.11. The first-order valence-electron chi connectivity index (χ1n) is 9.29. The summed E-state index contributed by atoms with van der Waals surface area (Å²) >= 11 is 0. The Kier molecular flexibility index (Phi) is 6.73. The lowest BCUT2D eigenvalue weighted by atomic mass is 9.79. The van der Waals surface area contributed by atoms with Crippen LogP contribution in [0.4, 0.5) is 4.79 Å². The van der Waals surface area contributed by atoms with Crippen LogP contribution in [0.2, 0.25) is 0 Å². The molecule has 0 aliphatic carbocycles. The Balaban J connectivity index is 1.93. The van der Waals surface area contributed by atoms with E-state index < -0.39 is 10.0 Å². The molecule has 2 unspecified atom stereocenters. The van der Waals surface area contributed by atoms with Gasteiger partial charge in [-0.3, -0.25) is 0 Å². The summed E-state index contributed by atoms with van der Waals surface area (Å²) in [6.45, 7) is 7.51.